The summed E-state index contributed by atoms with van der Waals surface area (Å²) in [7, 11) is 0. The molecular formula is C18H25F2NO3S. The lowest BCUT2D eigenvalue weighted by atomic mass is 9.85. The Morgan fingerprint density at radius 3 is 2.16 bits per heavy atom. The van der Waals surface area contributed by atoms with E-state index in [0.717, 1.165) is 18.2 Å². The molecule has 0 heterocycles. The molecule has 0 bridgehead atoms. The highest BCUT2D eigenvalue weighted by Gasteiger charge is 2.58. The van der Waals surface area contributed by atoms with Gasteiger partial charge in [-0.15, -0.1) is 4.72 Å². The van der Waals surface area contributed by atoms with E-state index in [1.807, 2.05) is 0 Å². The third-order valence-corrected chi connectivity index (χ3v) is 5.60. The van der Waals surface area contributed by atoms with Gasteiger partial charge in [0.1, 0.15) is 16.4 Å². The molecule has 140 valence electrons. The number of esters is 1. The van der Waals surface area contributed by atoms with Gasteiger partial charge in [-0.3, -0.25) is 0 Å². The Labute approximate surface area is 150 Å². The number of halogens is 2. The van der Waals surface area contributed by atoms with Crippen LogP contribution in [-0.2, 0) is 26.4 Å². The Kier molecular flexibility index (Phi) is 5.81. The predicted octanol–water partition coefficient (Wildman–Crippen LogP) is 3.57. The van der Waals surface area contributed by atoms with Crippen molar-refractivity contribution in [1.82, 2.24) is 4.72 Å². The van der Waals surface area contributed by atoms with Gasteiger partial charge >= 0.3 is 5.97 Å². The lowest BCUT2D eigenvalue weighted by Crippen LogP contribution is -2.58. The molecule has 1 aromatic carbocycles. The number of carbonyl (C=O) groups excluding carboxylic acids is 1. The largest absolute Gasteiger partial charge is 0.598 e. The fourth-order valence-electron chi connectivity index (χ4n) is 2.61. The summed E-state index contributed by atoms with van der Waals surface area (Å²) in [5, 5.41) is 0. The lowest BCUT2D eigenvalue weighted by Gasteiger charge is -2.36. The first-order valence-corrected chi connectivity index (χ1v) is 9.49. The van der Waals surface area contributed by atoms with Gasteiger partial charge in [0.25, 0.3) is 0 Å². The molecule has 0 unspecified atom stereocenters. The van der Waals surface area contributed by atoms with Gasteiger partial charge in [0.05, 0.1) is 6.10 Å². The van der Waals surface area contributed by atoms with Crippen LogP contribution in [0, 0.1) is 17.6 Å². The second-order valence-corrected chi connectivity index (χ2v) is 9.64. The topological polar surface area (TPSA) is 61.4 Å². The molecule has 2 rings (SSSR count). The van der Waals surface area contributed by atoms with E-state index in [9.17, 15) is 18.1 Å². The minimum Gasteiger partial charge on any atom is -0.598 e. The molecule has 0 radical (unpaired) electrons. The highest BCUT2D eigenvalue weighted by molar-refractivity contribution is 7.90. The Balaban J connectivity index is 2.57. The molecule has 1 aliphatic rings. The number of benzene rings is 1. The number of ether oxygens (including phenoxy) is 1. The van der Waals surface area contributed by atoms with Crippen LogP contribution in [0.1, 0.15) is 53.0 Å². The van der Waals surface area contributed by atoms with Crippen molar-refractivity contribution in [2.45, 2.75) is 63.9 Å². The molecule has 1 aromatic rings. The van der Waals surface area contributed by atoms with Gasteiger partial charge in [-0.2, -0.15) is 0 Å². The number of rotatable bonds is 6. The molecule has 0 amide bonds. The van der Waals surface area contributed by atoms with Gasteiger partial charge in [-0.25, -0.2) is 13.6 Å². The van der Waals surface area contributed by atoms with Gasteiger partial charge in [0, 0.05) is 17.4 Å². The van der Waals surface area contributed by atoms with Crippen molar-refractivity contribution in [2.24, 2.45) is 5.92 Å². The molecule has 7 heteroatoms. The van der Waals surface area contributed by atoms with Crippen molar-refractivity contribution in [3.63, 3.8) is 0 Å². The maximum absolute atomic E-state index is 13.8. The molecule has 2 atom stereocenters. The quantitative estimate of drug-likeness (QED) is 0.612. The van der Waals surface area contributed by atoms with Crippen molar-refractivity contribution in [3.8, 4) is 0 Å². The Bertz CT molecular complexity index is 623. The van der Waals surface area contributed by atoms with Gasteiger partial charge in [0.15, 0.2) is 5.54 Å². The lowest BCUT2D eigenvalue weighted by molar-refractivity contribution is -0.156. The average Bonchev–Trinajstić information content (AvgIpc) is 3.26. The summed E-state index contributed by atoms with van der Waals surface area (Å²) in [6.45, 7) is 8.67. The standard InChI is InChI=1S/C18H25F2NO3S/c1-11(2)24-16(22)18(12-6-7-12,21-25(23)17(3,4)5)13-8-14(19)10-15(20)9-13/h8-12,21H,6-7H2,1-5H3/t18-,25+/m1/s1. The fraction of sp³-hybridized carbons (Fsp3) is 0.611. The predicted molar refractivity (Wildman–Crippen MR) is 93.0 cm³/mol. The first kappa shape index (κ1) is 20.1. The van der Waals surface area contributed by atoms with Crippen LogP contribution in [0.2, 0.25) is 0 Å². The van der Waals surface area contributed by atoms with Crippen LogP contribution in [0.15, 0.2) is 18.2 Å². The van der Waals surface area contributed by atoms with Gasteiger partial charge in [-0.05, 0) is 71.1 Å². The van der Waals surface area contributed by atoms with Gasteiger partial charge in [0.2, 0.25) is 0 Å². The van der Waals surface area contributed by atoms with Crippen LogP contribution >= 0.6 is 0 Å². The zero-order valence-corrected chi connectivity index (χ0v) is 16.0. The molecule has 1 saturated carbocycles. The molecule has 4 nitrogen and oxygen atoms in total. The summed E-state index contributed by atoms with van der Waals surface area (Å²) < 4.78 is 48.0. The van der Waals surface area contributed by atoms with E-state index in [1.54, 1.807) is 34.6 Å². The second kappa shape index (κ2) is 7.21. The SMILES string of the molecule is CC(C)OC(=O)[C@](N[S@@+]([O-])C(C)(C)C)(c1cc(F)cc(F)c1)C1CC1. The first-order chi connectivity index (χ1) is 11.5. The third kappa shape index (κ3) is 4.51. The zero-order valence-electron chi connectivity index (χ0n) is 15.2. The Hall–Kier alpha value is -1.18. The van der Waals surface area contributed by atoms with Crippen LogP contribution in [0.25, 0.3) is 0 Å². The molecule has 1 fully saturated rings. The summed E-state index contributed by atoms with van der Waals surface area (Å²) in [6.07, 6.45) is 0.952. The maximum Gasteiger partial charge on any atom is 0.336 e. The number of hydrogen-bond acceptors (Lipinski definition) is 4. The molecule has 1 aliphatic carbocycles. The summed E-state index contributed by atoms with van der Waals surface area (Å²) in [5.74, 6) is -2.47. The van der Waals surface area contributed by atoms with Crippen LogP contribution in [0.5, 0.6) is 0 Å². The molecule has 0 saturated heterocycles. The van der Waals surface area contributed by atoms with Crippen molar-refractivity contribution in [1.29, 1.82) is 0 Å². The maximum atomic E-state index is 13.8. The van der Waals surface area contributed by atoms with E-state index in [0.29, 0.717) is 12.8 Å². The minimum atomic E-state index is -1.63. The van der Waals surface area contributed by atoms with E-state index in [-0.39, 0.29) is 11.5 Å². The Morgan fingerprint density at radius 1 is 1.24 bits per heavy atom. The molecular weight excluding hydrogens is 348 g/mol. The highest BCUT2D eigenvalue weighted by atomic mass is 32.2. The summed E-state index contributed by atoms with van der Waals surface area (Å²) in [5.41, 5.74) is -1.43. The number of carbonyl (C=O) groups is 1. The normalized spacial score (nSPS) is 18.8. The van der Waals surface area contributed by atoms with Crippen molar-refractivity contribution < 1.29 is 22.9 Å². The highest BCUT2D eigenvalue weighted by Crippen LogP contribution is 2.48. The zero-order chi connectivity index (χ0) is 19.0. The summed E-state index contributed by atoms with van der Waals surface area (Å²) in [4.78, 5) is 13.0. The Morgan fingerprint density at radius 2 is 1.76 bits per heavy atom. The van der Waals surface area contributed by atoms with E-state index in [2.05, 4.69) is 4.72 Å². The summed E-state index contributed by atoms with van der Waals surface area (Å²) in [6, 6.07) is 2.96. The van der Waals surface area contributed by atoms with Gasteiger partial charge in [-0.1, -0.05) is 0 Å². The van der Waals surface area contributed by atoms with Crippen molar-refractivity contribution >= 4 is 17.3 Å². The fourth-order valence-corrected chi connectivity index (χ4v) is 3.57. The van der Waals surface area contributed by atoms with Crippen LogP contribution in [0.3, 0.4) is 0 Å². The average molecular weight is 373 g/mol. The van der Waals surface area contributed by atoms with E-state index < -0.39 is 45.4 Å². The molecule has 1 N–H and O–H groups in total. The van der Waals surface area contributed by atoms with Crippen molar-refractivity contribution in [2.75, 3.05) is 0 Å². The third-order valence-electron chi connectivity index (χ3n) is 3.98. The van der Waals surface area contributed by atoms with Crippen molar-refractivity contribution in [3.05, 3.63) is 35.4 Å². The first-order valence-electron chi connectivity index (χ1n) is 8.34. The van der Waals surface area contributed by atoms with E-state index >= 15 is 0 Å². The minimum absolute atomic E-state index is 0.107. The monoisotopic (exact) mass is 373 g/mol. The molecule has 25 heavy (non-hydrogen) atoms. The van der Waals surface area contributed by atoms with Gasteiger partial charge < -0.3 is 9.29 Å². The van der Waals surface area contributed by atoms with Crippen LogP contribution in [-0.4, -0.2) is 21.4 Å². The number of hydrogen-bond donors (Lipinski definition) is 1. The molecule has 0 aromatic heterocycles. The van der Waals surface area contributed by atoms with E-state index in [4.69, 9.17) is 4.74 Å². The van der Waals surface area contributed by atoms with Crippen LogP contribution in [0.4, 0.5) is 8.78 Å². The molecule has 0 spiro atoms. The second-order valence-electron chi connectivity index (χ2n) is 7.68. The number of nitrogens with one attached hydrogen (secondary N) is 1. The van der Waals surface area contributed by atoms with E-state index in [1.165, 1.54) is 0 Å². The molecule has 0 aliphatic heterocycles. The smallest absolute Gasteiger partial charge is 0.336 e. The summed E-state index contributed by atoms with van der Waals surface area (Å²) >= 11 is -1.63. The van der Waals surface area contributed by atoms with Crippen LogP contribution < -0.4 is 4.72 Å².